The summed E-state index contributed by atoms with van der Waals surface area (Å²) in [5, 5.41) is 14.1. The molecule has 1 aromatic heterocycles. The van der Waals surface area contributed by atoms with Crippen LogP contribution in [-0.2, 0) is 6.42 Å². The maximum atomic E-state index is 13.3. The molecule has 1 heterocycles. The molecule has 0 saturated carbocycles. The number of H-pyrrole nitrogens is 1. The van der Waals surface area contributed by atoms with Crippen molar-refractivity contribution in [2.24, 2.45) is 0 Å². The summed E-state index contributed by atoms with van der Waals surface area (Å²) in [5.41, 5.74) is 4.15. The fourth-order valence-electron chi connectivity index (χ4n) is 3.87. The highest BCUT2D eigenvalue weighted by atomic mass is 16.5. The molecular weight excluding hydrogens is 404 g/mol. The van der Waals surface area contributed by atoms with E-state index in [0.29, 0.717) is 23.5 Å². The average Bonchev–Trinajstić information content (AvgIpc) is 3.25. The molecule has 1 amide bonds. The standard InChI is InChI=1S/C26H26N2O4/c1-31-20-7-5-6-17(13-20)22-11-10-21(32-2)14-24(22)26(30)28-19(16-29)12-18-15-27-25-9-4-3-8-23(18)25/h3-11,13-15,19,27,29H,12,16H2,1-2H3,(H,28,30)/t19-/m1/s1. The molecule has 0 radical (unpaired) electrons. The Morgan fingerprint density at radius 2 is 1.78 bits per heavy atom. The van der Waals surface area contributed by atoms with E-state index < -0.39 is 6.04 Å². The van der Waals surface area contributed by atoms with Crippen molar-refractivity contribution in [1.29, 1.82) is 0 Å². The first-order chi connectivity index (χ1) is 15.6. The van der Waals surface area contributed by atoms with E-state index in [9.17, 15) is 9.90 Å². The van der Waals surface area contributed by atoms with E-state index >= 15 is 0 Å². The van der Waals surface area contributed by atoms with Crippen LogP contribution in [0, 0.1) is 0 Å². The zero-order valence-electron chi connectivity index (χ0n) is 18.1. The Morgan fingerprint density at radius 1 is 1.00 bits per heavy atom. The van der Waals surface area contributed by atoms with Gasteiger partial charge < -0.3 is 24.9 Å². The van der Waals surface area contributed by atoms with E-state index in [0.717, 1.165) is 27.6 Å². The number of aliphatic hydroxyl groups excluding tert-OH is 1. The normalized spacial score (nSPS) is 11.8. The van der Waals surface area contributed by atoms with Crippen LogP contribution in [0.25, 0.3) is 22.0 Å². The first-order valence-corrected chi connectivity index (χ1v) is 10.4. The molecule has 6 nitrogen and oxygen atoms in total. The van der Waals surface area contributed by atoms with Crippen LogP contribution >= 0.6 is 0 Å². The number of aliphatic hydroxyl groups is 1. The number of hydrogen-bond donors (Lipinski definition) is 3. The van der Waals surface area contributed by atoms with E-state index in [1.54, 1.807) is 20.3 Å². The van der Waals surface area contributed by atoms with E-state index in [4.69, 9.17) is 9.47 Å². The van der Waals surface area contributed by atoms with Gasteiger partial charge in [0.2, 0.25) is 0 Å². The minimum Gasteiger partial charge on any atom is -0.497 e. The van der Waals surface area contributed by atoms with Gasteiger partial charge in [0, 0.05) is 17.1 Å². The van der Waals surface area contributed by atoms with Crippen molar-refractivity contribution in [3.8, 4) is 22.6 Å². The Kier molecular flexibility index (Phi) is 6.42. The van der Waals surface area contributed by atoms with Crippen molar-refractivity contribution in [3.05, 3.63) is 84.1 Å². The van der Waals surface area contributed by atoms with Gasteiger partial charge in [0.15, 0.2) is 0 Å². The minimum absolute atomic E-state index is 0.177. The molecule has 0 fully saturated rings. The van der Waals surface area contributed by atoms with Gasteiger partial charge in [-0.1, -0.05) is 30.3 Å². The zero-order valence-corrected chi connectivity index (χ0v) is 18.1. The van der Waals surface area contributed by atoms with Gasteiger partial charge in [0.1, 0.15) is 11.5 Å². The summed E-state index contributed by atoms with van der Waals surface area (Å²) in [6, 6.07) is 20.5. The maximum Gasteiger partial charge on any atom is 0.252 e. The third-order valence-electron chi connectivity index (χ3n) is 5.55. The highest BCUT2D eigenvalue weighted by Crippen LogP contribution is 2.30. The number of fused-ring (bicyclic) bond motifs is 1. The Balaban J connectivity index is 1.62. The second kappa shape index (κ2) is 9.58. The first-order valence-electron chi connectivity index (χ1n) is 10.4. The number of methoxy groups -OCH3 is 2. The van der Waals surface area contributed by atoms with Gasteiger partial charge >= 0.3 is 0 Å². The van der Waals surface area contributed by atoms with E-state index in [-0.39, 0.29) is 12.5 Å². The van der Waals surface area contributed by atoms with Gasteiger partial charge in [-0.15, -0.1) is 0 Å². The zero-order chi connectivity index (χ0) is 22.5. The number of ether oxygens (including phenoxy) is 2. The van der Waals surface area contributed by atoms with Crippen LogP contribution < -0.4 is 14.8 Å². The molecule has 0 aliphatic carbocycles. The molecule has 1 atom stereocenters. The largest absolute Gasteiger partial charge is 0.497 e. The monoisotopic (exact) mass is 430 g/mol. The average molecular weight is 431 g/mol. The third kappa shape index (κ3) is 4.45. The highest BCUT2D eigenvalue weighted by Gasteiger charge is 2.19. The molecule has 32 heavy (non-hydrogen) atoms. The molecule has 6 heteroatoms. The minimum atomic E-state index is -0.439. The Bertz CT molecular complexity index is 1230. The number of carbonyl (C=O) groups excluding carboxylic acids is 1. The number of carbonyl (C=O) groups is 1. The molecule has 0 bridgehead atoms. The lowest BCUT2D eigenvalue weighted by atomic mass is 9.98. The molecule has 4 aromatic rings. The predicted octanol–water partition coefficient (Wildman–Crippen LogP) is 4.19. The van der Waals surface area contributed by atoms with Gasteiger partial charge in [-0.3, -0.25) is 4.79 Å². The van der Waals surface area contributed by atoms with Gasteiger partial charge in [0.25, 0.3) is 5.91 Å². The van der Waals surface area contributed by atoms with E-state index in [1.807, 2.05) is 66.9 Å². The molecule has 3 N–H and O–H groups in total. The second-order valence-electron chi connectivity index (χ2n) is 7.56. The predicted molar refractivity (Wildman–Crippen MR) is 125 cm³/mol. The Labute approximate surface area is 186 Å². The van der Waals surface area contributed by atoms with Crippen LogP contribution in [0.1, 0.15) is 15.9 Å². The van der Waals surface area contributed by atoms with Gasteiger partial charge in [0.05, 0.1) is 32.4 Å². The fourth-order valence-corrected chi connectivity index (χ4v) is 3.87. The number of hydrogen-bond acceptors (Lipinski definition) is 4. The summed E-state index contributed by atoms with van der Waals surface area (Å²) >= 11 is 0. The summed E-state index contributed by atoms with van der Waals surface area (Å²) in [6.07, 6.45) is 2.43. The molecule has 0 aliphatic rings. The van der Waals surface area contributed by atoms with Crippen molar-refractivity contribution in [2.45, 2.75) is 12.5 Å². The van der Waals surface area contributed by atoms with Gasteiger partial charge in [-0.25, -0.2) is 0 Å². The molecule has 0 aliphatic heterocycles. The van der Waals surface area contributed by atoms with Crippen LogP contribution in [0.4, 0.5) is 0 Å². The molecule has 3 aromatic carbocycles. The summed E-state index contributed by atoms with van der Waals surface area (Å²) in [4.78, 5) is 16.5. The quantitative estimate of drug-likeness (QED) is 0.392. The van der Waals surface area contributed by atoms with E-state index in [1.165, 1.54) is 0 Å². The van der Waals surface area contributed by atoms with Crippen LogP contribution in [0.3, 0.4) is 0 Å². The smallest absolute Gasteiger partial charge is 0.252 e. The van der Waals surface area contributed by atoms with Crippen molar-refractivity contribution in [2.75, 3.05) is 20.8 Å². The summed E-state index contributed by atoms with van der Waals surface area (Å²) in [5.74, 6) is 1.01. The maximum absolute atomic E-state index is 13.3. The molecule has 0 spiro atoms. The number of rotatable bonds is 8. The number of para-hydroxylation sites is 1. The van der Waals surface area contributed by atoms with Crippen molar-refractivity contribution < 1.29 is 19.4 Å². The van der Waals surface area contributed by atoms with Crippen molar-refractivity contribution in [1.82, 2.24) is 10.3 Å². The van der Waals surface area contributed by atoms with Crippen LogP contribution in [0.15, 0.2) is 72.9 Å². The van der Waals surface area contributed by atoms with Gasteiger partial charge in [-0.05, 0) is 59.5 Å². The Morgan fingerprint density at radius 3 is 2.56 bits per heavy atom. The molecule has 164 valence electrons. The molecule has 0 unspecified atom stereocenters. The number of aromatic amines is 1. The van der Waals surface area contributed by atoms with Crippen molar-refractivity contribution >= 4 is 16.8 Å². The Hall–Kier alpha value is -3.77. The fraction of sp³-hybridized carbons (Fsp3) is 0.192. The van der Waals surface area contributed by atoms with Crippen molar-refractivity contribution in [3.63, 3.8) is 0 Å². The lowest BCUT2D eigenvalue weighted by Crippen LogP contribution is -2.39. The van der Waals surface area contributed by atoms with Gasteiger partial charge in [-0.2, -0.15) is 0 Å². The van der Waals surface area contributed by atoms with E-state index in [2.05, 4.69) is 10.3 Å². The molecular formula is C26H26N2O4. The third-order valence-corrected chi connectivity index (χ3v) is 5.55. The van der Waals surface area contributed by atoms with Crippen LogP contribution in [0.2, 0.25) is 0 Å². The highest BCUT2D eigenvalue weighted by molar-refractivity contribution is 6.01. The summed E-state index contributed by atoms with van der Waals surface area (Å²) in [6.45, 7) is -0.177. The molecule has 4 rings (SSSR count). The topological polar surface area (TPSA) is 83.6 Å². The summed E-state index contributed by atoms with van der Waals surface area (Å²) in [7, 11) is 3.17. The number of amides is 1. The SMILES string of the molecule is COc1cccc(-c2ccc(OC)cc2C(=O)N[C@@H](CO)Cc2c[nH]c3ccccc23)c1. The first kappa shape index (κ1) is 21.5. The lowest BCUT2D eigenvalue weighted by molar-refractivity contribution is 0.0917. The molecule has 0 saturated heterocycles. The summed E-state index contributed by atoms with van der Waals surface area (Å²) < 4.78 is 10.7. The number of aromatic nitrogens is 1. The lowest BCUT2D eigenvalue weighted by Gasteiger charge is -2.18. The van der Waals surface area contributed by atoms with Crippen LogP contribution in [-0.4, -0.2) is 42.9 Å². The number of nitrogens with one attached hydrogen (secondary N) is 2. The van der Waals surface area contributed by atoms with Crippen LogP contribution in [0.5, 0.6) is 11.5 Å². The number of benzene rings is 3. The second-order valence-corrected chi connectivity index (χ2v) is 7.56.